The summed E-state index contributed by atoms with van der Waals surface area (Å²) in [5, 5.41) is 5.71. The highest BCUT2D eigenvalue weighted by molar-refractivity contribution is 7.99. The van der Waals surface area contributed by atoms with Crippen LogP contribution in [-0.2, 0) is 0 Å². The number of pyridine rings is 1. The molecule has 2 nitrogen and oxygen atoms in total. The summed E-state index contributed by atoms with van der Waals surface area (Å²) in [6.07, 6.45) is 2.83. The van der Waals surface area contributed by atoms with Crippen molar-refractivity contribution < 1.29 is 0 Å². The molecule has 0 amide bonds. The minimum Gasteiger partial charge on any atom is -0.309 e. The quantitative estimate of drug-likeness (QED) is 0.730. The molecule has 2 aromatic rings. The third-order valence-corrected chi connectivity index (χ3v) is 4.60. The molecule has 112 valence electrons. The van der Waals surface area contributed by atoms with Gasteiger partial charge >= 0.3 is 0 Å². The van der Waals surface area contributed by atoms with Gasteiger partial charge in [0.1, 0.15) is 0 Å². The van der Waals surface area contributed by atoms with E-state index in [2.05, 4.69) is 54.5 Å². The highest BCUT2D eigenvalue weighted by Crippen LogP contribution is 2.31. The van der Waals surface area contributed by atoms with Crippen molar-refractivity contribution in [2.75, 3.05) is 6.54 Å². The fourth-order valence-electron chi connectivity index (χ4n) is 2.21. The second-order valence-electron chi connectivity index (χ2n) is 4.98. The standard InChI is InChI=1S/C17H21ClN2S/c1-3-11-19-17(14-7-5-4-6-8-14)13(2)21-16-10-9-15(18)12-20-16/h4-10,12-13,17,19H,3,11H2,1-2H3. The summed E-state index contributed by atoms with van der Waals surface area (Å²) in [5.41, 5.74) is 1.32. The van der Waals surface area contributed by atoms with Gasteiger partial charge in [0.25, 0.3) is 0 Å². The first-order valence-corrected chi connectivity index (χ1v) is 8.53. The van der Waals surface area contributed by atoms with Crippen LogP contribution >= 0.6 is 23.4 Å². The molecule has 4 heteroatoms. The van der Waals surface area contributed by atoms with Crippen molar-refractivity contribution in [3.8, 4) is 0 Å². The summed E-state index contributed by atoms with van der Waals surface area (Å²) < 4.78 is 0. The van der Waals surface area contributed by atoms with Gasteiger partial charge in [0.2, 0.25) is 0 Å². The van der Waals surface area contributed by atoms with Gasteiger partial charge in [-0.05, 0) is 30.7 Å². The molecule has 2 unspecified atom stereocenters. The van der Waals surface area contributed by atoms with Gasteiger partial charge in [-0.1, -0.05) is 55.8 Å². The maximum absolute atomic E-state index is 5.89. The van der Waals surface area contributed by atoms with E-state index in [1.807, 2.05) is 12.1 Å². The van der Waals surface area contributed by atoms with E-state index >= 15 is 0 Å². The van der Waals surface area contributed by atoms with Gasteiger partial charge in [0.05, 0.1) is 10.0 Å². The molecule has 1 N–H and O–H groups in total. The van der Waals surface area contributed by atoms with Crippen molar-refractivity contribution >= 4 is 23.4 Å². The van der Waals surface area contributed by atoms with Crippen molar-refractivity contribution in [3.63, 3.8) is 0 Å². The smallest absolute Gasteiger partial charge is 0.0964 e. The van der Waals surface area contributed by atoms with Crippen LogP contribution in [0.4, 0.5) is 0 Å². The molecule has 0 fully saturated rings. The fraction of sp³-hybridized carbons (Fsp3) is 0.353. The largest absolute Gasteiger partial charge is 0.309 e. The zero-order chi connectivity index (χ0) is 15.1. The van der Waals surface area contributed by atoms with E-state index in [1.54, 1.807) is 18.0 Å². The Kier molecular flexibility index (Phi) is 6.55. The molecule has 1 heterocycles. The van der Waals surface area contributed by atoms with E-state index in [4.69, 9.17) is 11.6 Å². The molecular formula is C17H21ClN2S. The molecule has 2 rings (SSSR count). The van der Waals surface area contributed by atoms with Crippen LogP contribution in [0.25, 0.3) is 0 Å². The van der Waals surface area contributed by atoms with Gasteiger partial charge in [0.15, 0.2) is 0 Å². The Morgan fingerprint density at radius 2 is 1.95 bits per heavy atom. The van der Waals surface area contributed by atoms with Gasteiger partial charge in [-0.25, -0.2) is 4.98 Å². The molecule has 1 aromatic carbocycles. The lowest BCUT2D eigenvalue weighted by atomic mass is 10.0. The third-order valence-electron chi connectivity index (χ3n) is 3.25. The van der Waals surface area contributed by atoms with E-state index < -0.39 is 0 Å². The summed E-state index contributed by atoms with van der Waals surface area (Å²) in [5.74, 6) is 0. The predicted octanol–water partition coefficient (Wildman–Crippen LogP) is 4.96. The van der Waals surface area contributed by atoms with Crippen molar-refractivity contribution in [3.05, 3.63) is 59.2 Å². The van der Waals surface area contributed by atoms with Crippen molar-refractivity contribution in [1.29, 1.82) is 0 Å². The second-order valence-corrected chi connectivity index (χ2v) is 6.81. The van der Waals surface area contributed by atoms with Crippen molar-refractivity contribution in [2.45, 2.75) is 36.6 Å². The van der Waals surface area contributed by atoms with Crippen LogP contribution in [0.15, 0.2) is 53.7 Å². The van der Waals surface area contributed by atoms with E-state index in [1.165, 1.54) is 5.56 Å². The van der Waals surface area contributed by atoms with Gasteiger partial charge in [0, 0.05) is 17.5 Å². The molecule has 21 heavy (non-hydrogen) atoms. The van der Waals surface area contributed by atoms with E-state index in [9.17, 15) is 0 Å². The number of halogens is 1. The van der Waals surface area contributed by atoms with Crippen LogP contribution in [0.1, 0.15) is 31.9 Å². The van der Waals surface area contributed by atoms with E-state index in [-0.39, 0.29) is 0 Å². The maximum atomic E-state index is 5.89. The van der Waals surface area contributed by atoms with Crippen LogP contribution in [-0.4, -0.2) is 16.8 Å². The lowest BCUT2D eigenvalue weighted by Gasteiger charge is -2.25. The van der Waals surface area contributed by atoms with Gasteiger partial charge in [-0.15, -0.1) is 11.8 Å². The minimum atomic E-state index is 0.314. The molecule has 0 bridgehead atoms. The van der Waals surface area contributed by atoms with Gasteiger partial charge in [-0.3, -0.25) is 0 Å². The highest BCUT2D eigenvalue weighted by atomic mass is 35.5. The Bertz CT molecular complexity index is 530. The zero-order valence-corrected chi connectivity index (χ0v) is 14.0. The van der Waals surface area contributed by atoms with E-state index in [0.717, 1.165) is 18.0 Å². The van der Waals surface area contributed by atoms with Crippen LogP contribution < -0.4 is 5.32 Å². The molecule has 0 saturated heterocycles. The second kappa shape index (κ2) is 8.42. The third kappa shape index (κ3) is 5.03. The number of hydrogen-bond donors (Lipinski definition) is 1. The Balaban J connectivity index is 2.10. The average Bonchev–Trinajstić information content (AvgIpc) is 2.51. The first kappa shape index (κ1) is 16.3. The molecule has 0 radical (unpaired) electrons. The molecule has 0 aliphatic carbocycles. The van der Waals surface area contributed by atoms with Crippen LogP contribution in [0, 0.1) is 0 Å². The number of benzene rings is 1. The highest BCUT2D eigenvalue weighted by Gasteiger charge is 2.19. The Morgan fingerprint density at radius 1 is 1.19 bits per heavy atom. The fourth-order valence-corrected chi connectivity index (χ4v) is 3.35. The molecule has 0 saturated carbocycles. The number of rotatable bonds is 7. The summed E-state index contributed by atoms with van der Waals surface area (Å²) in [6.45, 7) is 5.44. The Hall–Kier alpha value is -1.03. The summed E-state index contributed by atoms with van der Waals surface area (Å²) in [6, 6.07) is 14.8. The molecule has 0 spiro atoms. The monoisotopic (exact) mass is 320 g/mol. The Labute approximate surface area is 136 Å². The lowest BCUT2D eigenvalue weighted by Crippen LogP contribution is -2.29. The Morgan fingerprint density at radius 3 is 2.57 bits per heavy atom. The van der Waals surface area contributed by atoms with Gasteiger partial charge in [-0.2, -0.15) is 0 Å². The molecule has 2 atom stereocenters. The summed E-state index contributed by atoms with van der Waals surface area (Å²) in [7, 11) is 0. The van der Waals surface area contributed by atoms with E-state index in [0.29, 0.717) is 16.3 Å². The molecule has 0 aliphatic heterocycles. The average molecular weight is 321 g/mol. The first-order chi connectivity index (χ1) is 10.2. The summed E-state index contributed by atoms with van der Waals surface area (Å²) >= 11 is 7.66. The van der Waals surface area contributed by atoms with Crippen molar-refractivity contribution in [2.24, 2.45) is 0 Å². The number of nitrogens with zero attached hydrogens (tertiary/aromatic N) is 1. The SMILES string of the molecule is CCCNC(c1ccccc1)C(C)Sc1ccc(Cl)cn1. The van der Waals surface area contributed by atoms with Gasteiger partial charge < -0.3 is 5.32 Å². The zero-order valence-electron chi connectivity index (χ0n) is 12.4. The number of nitrogens with one attached hydrogen (secondary N) is 1. The molecule has 1 aromatic heterocycles. The van der Waals surface area contributed by atoms with Crippen LogP contribution in [0.2, 0.25) is 5.02 Å². The van der Waals surface area contributed by atoms with Crippen molar-refractivity contribution in [1.82, 2.24) is 10.3 Å². The summed E-state index contributed by atoms with van der Waals surface area (Å²) in [4.78, 5) is 4.38. The first-order valence-electron chi connectivity index (χ1n) is 7.27. The molecular weight excluding hydrogens is 300 g/mol. The lowest BCUT2D eigenvalue weighted by molar-refractivity contribution is 0.527. The minimum absolute atomic E-state index is 0.314. The number of aromatic nitrogens is 1. The number of thioether (sulfide) groups is 1. The normalized spacial score (nSPS) is 13.9. The van der Waals surface area contributed by atoms with Crippen LogP contribution in [0.3, 0.4) is 0 Å². The maximum Gasteiger partial charge on any atom is 0.0964 e. The van der Waals surface area contributed by atoms with Crippen LogP contribution in [0.5, 0.6) is 0 Å². The number of hydrogen-bond acceptors (Lipinski definition) is 3. The topological polar surface area (TPSA) is 24.9 Å². The predicted molar refractivity (Wildman–Crippen MR) is 92.0 cm³/mol. The molecule has 0 aliphatic rings.